The van der Waals surface area contributed by atoms with Crippen LogP contribution < -0.4 is 16.0 Å². The van der Waals surface area contributed by atoms with Crippen LogP contribution in [0.5, 0.6) is 5.75 Å². The first-order chi connectivity index (χ1) is 6.68. The number of guanidine groups is 1. The van der Waals surface area contributed by atoms with Crippen molar-refractivity contribution in [2.45, 2.75) is 0 Å². The van der Waals surface area contributed by atoms with Gasteiger partial charge in [-0.15, -0.1) is 0 Å². The van der Waals surface area contributed by atoms with Crippen molar-refractivity contribution in [3.8, 4) is 5.75 Å². The quantitative estimate of drug-likeness (QED) is 0.200. The van der Waals surface area contributed by atoms with E-state index in [2.05, 4.69) is 9.57 Å². The van der Waals surface area contributed by atoms with Crippen LogP contribution in [0.15, 0.2) is 30.3 Å². The van der Waals surface area contributed by atoms with Crippen LogP contribution in [0, 0.1) is 5.41 Å². The van der Waals surface area contributed by atoms with E-state index in [-0.39, 0.29) is 0 Å². The number of para-hydroxylation sites is 1. The number of nitrogens with two attached hydrogens (primary N) is 1. The summed E-state index contributed by atoms with van der Waals surface area (Å²) >= 11 is 0. The topological polar surface area (TPSA) is 97.4 Å². The van der Waals surface area contributed by atoms with E-state index in [0.29, 0.717) is 5.75 Å². The van der Waals surface area contributed by atoms with Crippen molar-refractivity contribution in [3.63, 3.8) is 0 Å². The van der Waals surface area contributed by atoms with E-state index in [1.807, 2.05) is 5.48 Å². The third kappa shape index (κ3) is 3.44. The van der Waals surface area contributed by atoms with Crippen LogP contribution in [-0.2, 0) is 4.84 Å². The van der Waals surface area contributed by atoms with Crippen LogP contribution in [0.2, 0.25) is 0 Å². The molecule has 0 aliphatic rings. The molecule has 0 atom stereocenters. The molecule has 0 amide bonds. The first-order valence-corrected chi connectivity index (χ1v) is 3.72. The van der Waals surface area contributed by atoms with Gasteiger partial charge in [-0.3, -0.25) is 5.41 Å². The van der Waals surface area contributed by atoms with Crippen LogP contribution >= 0.6 is 0 Å². The molecule has 0 spiro atoms. The molecule has 0 unspecified atom stereocenters. The number of rotatable bonds is 1. The fourth-order valence-corrected chi connectivity index (χ4v) is 0.702. The van der Waals surface area contributed by atoms with E-state index >= 15 is 0 Å². The molecular formula is C8H9N3O3. The lowest BCUT2D eigenvalue weighted by atomic mass is 10.3. The largest absolute Gasteiger partial charge is 0.538 e. The van der Waals surface area contributed by atoms with Gasteiger partial charge in [-0.2, -0.15) is 5.48 Å². The molecule has 0 aliphatic heterocycles. The fourth-order valence-electron chi connectivity index (χ4n) is 0.702. The number of carbonyl (C=O) groups is 1. The van der Waals surface area contributed by atoms with E-state index in [1.165, 1.54) is 0 Å². The highest BCUT2D eigenvalue weighted by Gasteiger charge is 2.05. The van der Waals surface area contributed by atoms with Gasteiger partial charge >= 0.3 is 6.16 Å². The van der Waals surface area contributed by atoms with Crippen molar-refractivity contribution in [2.75, 3.05) is 0 Å². The number of hydroxylamine groups is 1. The van der Waals surface area contributed by atoms with Crippen molar-refractivity contribution in [1.29, 1.82) is 5.41 Å². The van der Waals surface area contributed by atoms with Gasteiger partial charge in [0.2, 0.25) is 5.96 Å². The van der Waals surface area contributed by atoms with E-state index < -0.39 is 12.1 Å². The molecule has 1 aromatic carbocycles. The fraction of sp³-hybridized carbons (Fsp3) is 0. The van der Waals surface area contributed by atoms with E-state index in [9.17, 15) is 4.79 Å². The van der Waals surface area contributed by atoms with Gasteiger partial charge in [-0.1, -0.05) is 18.2 Å². The molecule has 0 heterocycles. The molecule has 4 N–H and O–H groups in total. The Morgan fingerprint density at radius 2 is 2.00 bits per heavy atom. The van der Waals surface area contributed by atoms with Crippen LogP contribution in [0.4, 0.5) is 4.79 Å². The Morgan fingerprint density at radius 1 is 1.36 bits per heavy atom. The summed E-state index contributed by atoms with van der Waals surface area (Å²) in [6, 6.07) is 8.39. The molecule has 14 heavy (non-hydrogen) atoms. The SMILES string of the molecule is N=C(N)NOC(=O)Oc1ccccc1. The first kappa shape index (κ1) is 9.85. The van der Waals surface area contributed by atoms with Gasteiger partial charge < -0.3 is 15.3 Å². The summed E-state index contributed by atoms with van der Waals surface area (Å²) in [7, 11) is 0. The second-order valence-corrected chi connectivity index (χ2v) is 2.28. The molecule has 0 aliphatic carbocycles. The lowest BCUT2D eigenvalue weighted by Gasteiger charge is -2.04. The Balaban J connectivity index is 2.38. The molecule has 1 rings (SSSR count). The van der Waals surface area contributed by atoms with Crippen molar-refractivity contribution in [3.05, 3.63) is 30.3 Å². The average molecular weight is 195 g/mol. The Morgan fingerprint density at radius 3 is 2.57 bits per heavy atom. The summed E-state index contributed by atoms with van der Waals surface area (Å²) in [4.78, 5) is 15.1. The summed E-state index contributed by atoms with van der Waals surface area (Å²) in [6.45, 7) is 0. The Kier molecular flexibility index (Phi) is 3.31. The third-order valence-corrected chi connectivity index (χ3v) is 1.19. The molecule has 6 heteroatoms. The Hall–Kier alpha value is -2.24. The number of ether oxygens (including phenoxy) is 1. The minimum Gasteiger partial charge on any atom is -0.393 e. The zero-order valence-electron chi connectivity index (χ0n) is 7.19. The molecular weight excluding hydrogens is 186 g/mol. The first-order valence-electron chi connectivity index (χ1n) is 3.72. The summed E-state index contributed by atoms with van der Waals surface area (Å²) < 4.78 is 4.69. The maximum Gasteiger partial charge on any atom is 0.538 e. The van der Waals surface area contributed by atoms with Gasteiger partial charge in [-0.25, -0.2) is 4.79 Å². The number of hydrogen-bond donors (Lipinski definition) is 3. The second-order valence-electron chi connectivity index (χ2n) is 2.28. The zero-order chi connectivity index (χ0) is 10.4. The molecule has 0 saturated carbocycles. The maximum absolute atomic E-state index is 10.9. The van der Waals surface area contributed by atoms with Gasteiger partial charge in [0, 0.05) is 0 Å². The molecule has 74 valence electrons. The molecule has 0 fully saturated rings. The average Bonchev–Trinajstić information content (AvgIpc) is 2.16. The number of carbonyl (C=O) groups excluding carboxylic acids is 1. The monoisotopic (exact) mass is 195 g/mol. The van der Waals surface area contributed by atoms with E-state index in [1.54, 1.807) is 30.3 Å². The minimum atomic E-state index is -0.980. The van der Waals surface area contributed by atoms with E-state index in [4.69, 9.17) is 11.1 Å². The molecule has 0 bridgehead atoms. The zero-order valence-corrected chi connectivity index (χ0v) is 7.19. The molecule has 0 saturated heterocycles. The molecule has 0 aromatic heterocycles. The van der Waals surface area contributed by atoms with Crippen LogP contribution in [-0.4, -0.2) is 12.1 Å². The molecule has 0 radical (unpaired) electrons. The van der Waals surface area contributed by atoms with Gasteiger partial charge in [-0.05, 0) is 12.1 Å². The lowest BCUT2D eigenvalue weighted by molar-refractivity contribution is 0.0748. The van der Waals surface area contributed by atoms with Crippen LogP contribution in [0.25, 0.3) is 0 Å². The van der Waals surface area contributed by atoms with Gasteiger partial charge in [0.25, 0.3) is 0 Å². The van der Waals surface area contributed by atoms with E-state index in [0.717, 1.165) is 0 Å². The highest BCUT2D eigenvalue weighted by Crippen LogP contribution is 2.08. The number of nitrogens with one attached hydrogen (secondary N) is 2. The van der Waals surface area contributed by atoms with Gasteiger partial charge in [0.1, 0.15) is 5.75 Å². The van der Waals surface area contributed by atoms with Crippen LogP contribution in [0.1, 0.15) is 0 Å². The summed E-state index contributed by atoms with van der Waals surface area (Å²) in [5.41, 5.74) is 6.73. The predicted molar refractivity (Wildman–Crippen MR) is 48.6 cm³/mol. The van der Waals surface area contributed by atoms with Crippen molar-refractivity contribution in [2.24, 2.45) is 5.73 Å². The van der Waals surface area contributed by atoms with Crippen molar-refractivity contribution < 1.29 is 14.4 Å². The van der Waals surface area contributed by atoms with Crippen molar-refractivity contribution >= 4 is 12.1 Å². The van der Waals surface area contributed by atoms with Crippen molar-refractivity contribution in [1.82, 2.24) is 5.48 Å². The number of hydrogen-bond acceptors (Lipinski definition) is 4. The minimum absolute atomic E-state index is 0.350. The third-order valence-electron chi connectivity index (χ3n) is 1.19. The second kappa shape index (κ2) is 4.70. The van der Waals surface area contributed by atoms with Crippen LogP contribution in [0.3, 0.4) is 0 Å². The number of benzene rings is 1. The maximum atomic E-state index is 10.9. The summed E-state index contributed by atoms with van der Waals surface area (Å²) in [5.74, 6) is -0.127. The smallest absolute Gasteiger partial charge is 0.393 e. The highest BCUT2D eigenvalue weighted by molar-refractivity contribution is 5.75. The molecule has 6 nitrogen and oxygen atoms in total. The summed E-state index contributed by atoms with van der Waals surface area (Å²) in [6.07, 6.45) is -0.980. The Labute approximate surface area is 80.1 Å². The van der Waals surface area contributed by atoms with Gasteiger partial charge in [0.05, 0.1) is 0 Å². The summed E-state index contributed by atoms with van der Waals surface area (Å²) in [5, 5.41) is 6.70. The Bertz CT molecular complexity index is 326. The normalized spacial score (nSPS) is 8.86. The highest BCUT2D eigenvalue weighted by atomic mass is 16.8. The lowest BCUT2D eigenvalue weighted by Crippen LogP contribution is -2.33. The molecule has 1 aromatic rings. The van der Waals surface area contributed by atoms with Gasteiger partial charge in [0.15, 0.2) is 0 Å². The standard InChI is InChI=1S/C8H9N3O3/c9-7(10)11-14-8(12)13-6-4-2-1-3-5-6/h1-5H,(H4,9,10,11). The predicted octanol–water partition coefficient (Wildman–Crippen LogP) is 0.600.